The van der Waals surface area contributed by atoms with Crippen molar-refractivity contribution in [2.45, 2.75) is 145 Å². The summed E-state index contributed by atoms with van der Waals surface area (Å²) in [7, 11) is 12.3. The summed E-state index contributed by atoms with van der Waals surface area (Å²) in [4.78, 5) is 147. The SMILES string of the molecule is CC[C@H](NC(=O)[C@H](CS(=O)(=O)Cc1ccccc1)NC(=O)N1CCOCC1)C(=O)c1nc(-c2ccccc2)no1.N/C(=N\O)c1ccccc1.O=C(O)[C@H](CS(=O)(=O)Cc1ccccc1)NC(=O)N1CCOCC1.[B]C(=O)N[C@@H](CC)C(O)C(=O)O.[B]C(=O)N[C@@H](CC)C(O)C(=O)O/N=C(\N)c1ccccc1.[B]C(=O)N[C@@H](CC)C(O)c1nc(-c2ccccc2)no1.[B]C(=O)N[C@@H](CC)C(O)c1nc(-c2ccccc2)no1. The monoisotopic (exact) mass is 2060 g/mol. The molecule has 18 N–H and O–H groups in total. The molecule has 3 aromatic heterocycles. The van der Waals surface area contributed by atoms with Gasteiger partial charge < -0.3 is 122 Å². The van der Waals surface area contributed by atoms with Gasteiger partial charge in [0.15, 0.2) is 79.0 Å². The number of sulfone groups is 2. The lowest BCUT2D eigenvalue weighted by atomic mass is 10.0. The summed E-state index contributed by atoms with van der Waals surface area (Å²) in [5.74, 6) is -9.35. The van der Waals surface area contributed by atoms with E-state index in [1.165, 1.54) is 9.80 Å². The number of ether oxygens (including phenoxy) is 2. The average molecular weight is 2060 g/mol. The van der Waals surface area contributed by atoms with Gasteiger partial charge in [0.1, 0.15) is 12.1 Å². The Morgan fingerprint density at radius 1 is 0.408 bits per heavy atom. The maximum Gasteiger partial charge on any atom is 0.365 e. The highest BCUT2D eigenvalue weighted by Crippen LogP contribution is 2.25. The quantitative estimate of drug-likeness (QED) is 0.00481. The smallest absolute Gasteiger partial charge is 0.365 e. The van der Waals surface area contributed by atoms with Crippen LogP contribution in [0.1, 0.15) is 124 Å². The van der Waals surface area contributed by atoms with Crippen LogP contribution >= 0.6 is 0 Å². The van der Waals surface area contributed by atoms with Crippen molar-refractivity contribution in [3.63, 3.8) is 0 Å². The van der Waals surface area contributed by atoms with E-state index in [4.69, 9.17) is 81.3 Å². The molecule has 47 nitrogen and oxygen atoms in total. The summed E-state index contributed by atoms with van der Waals surface area (Å²) in [5, 5.41) is 99.2. The van der Waals surface area contributed by atoms with E-state index in [9.17, 15) is 90.0 Å². The Balaban J connectivity index is 0.000000273. The Morgan fingerprint density at radius 2 is 0.735 bits per heavy atom. The van der Waals surface area contributed by atoms with Crippen molar-refractivity contribution in [1.29, 1.82) is 0 Å². The van der Waals surface area contributed by atoms with Crippen LogP contribution in [0, 0.1) is 0 Å². The first-order valence-corrected chi connectivity index (χ1v) is 49.1. The Kier molecular flexibility index (Phi) is 51.5. The van der Waals surface area contributed by atoms with Gasteiger partial charge in [-0.25, -0.2) is 40.8 Å². The number of oxime groups is 2. The van der Waals surface area contributed by atoms with Gasteiger partial charge in [-0.2, -0.15) is 15.0 Å². The van der Waals surface area contributed by atoms with Gasteiger partial charge in [0.2, 0.25) is 60.5 Å². The first-order valence-electron chi connectivity index (χ1n) is 45.5. The number of Topliss-reactive ketones (excluding diaryl/α,β-unsaturated/α-hetero) is 1. The zero-order chi connectivity index (χ0) is 108. The Hall–Kier alpha value is -15.4. The molecule has 2 aliphatic rings. The molecule has 9 amide bonds. The van der Waals surface area contributed by atoms with E-state index in [0.29, 0.717) is 106 Å². The van der Waals surface area contributed by atoms with Crippen LogP contribution in [0.3, 0.4) is 0 Å². The topological polar surface area (TPSA) is 710 Å². The molecule has 147 heavy (non-hydrogen) atoms. The van der Waals surface area contributed by atoms with Crippen LogP contribution in [0.2, 0.25) is 0 Å². The molecule has 0 saturated carbocycles. The number of aliphatic hydroxyl groups excluding tert-OH is 4. The third-order valence-corrected chi connectivity index (χ3v) is 24.1. The maximum atomic E-state index is 13.4. The molecular weight excluding hydrogens is 1950 g/mol. The highest BCUT2D eigenvalue weighted by Gasteiger charge is 2.37. The van der Waals surface area contributed by atoms with Crippen LogP contribution in [0.5, 0.6) is 0 Å². The number of morpholine rings is 2. The van der Waals surface area contributed by atoms with Crippen LogP contribution < -0.4 is 48.7 Å². The van der Waals surface area contributed by atoms with E-state index in [1.807, 2.05) is 84.9 Å². The van der Waals surface area contributed by atoms with E-state index in [0.717, 1.165) is 16.7 Å². The van der Waals surface area contributed by atoms with Gasteiger partial charge in [-0.1, -0.05) is 273 Å². The number of urea groups is 2. The largest absolute Gasteiger partial charge is 0.480 e. The minimum Gasteiger partial charge on any atom is -0.480 e. The first kappa shape index (κ1) is 120. The molecule has 12 rings (SSSR count). The third-order valence-electron chi connectivity index (χ3n) is 20.8. The second-order valence-electron chi connectivity index (χ2n) is 31.7. The number of nitrogens with one attached hydrogen (secondary N) is 7. The molecule has 7 aromatic carbocycles. The number of hydrogen-bond acceptors (Lipinski definition) is 34. The molecule has 8 radical (unpaired) electrons. The van der Waals surface area contributed by atoms with E-state index in [1.54, 1.807) is 162 Å². The molecule has 2 fully saturated rings. The van der Waals surface area contributed by atoms with Crippen LogP contribution in [-0.4, -0.2) is 319 Å². The molecule has 2 saturated heterocycles. The minimum absolute atomic E-state index is 0.00735. The fourth-order valence-electron chi connectivity index (χ4n) is 13.1. The van der Waals surface area contributed by atoms with Crippen molar-refractivity contribution >= 4 is 128 Å². The molecule has 10 aromatic rings. The second kappa shape index (κ2) is 63.0. The summed E-state index contributed by atoms with van der Waals surface area (Å²) in [6, 6.07) is 54.1. The lowest BCUT2D eigenvalue weighted by molar-refractivity contribution is -0.155. The van der Waals surface area contributed by atoms with Crippen LogP contribution in [0.15, 0.2) is 236 Å². The summed E-state index contributed by atoms with van der Waals surface area (Å²) in [6.07, 6.45) is -3.69. The van der Waals surface area contributed by atoms with Gasteiger partial charge in [0.05, 0.1) is 79.6 Å². The van der Waals surface area contributed by atoms with Gasteiger partial charge in [-0.05, 0) is 43.2 Å². The Labute approximate surface area is 851 Å². The van der Waals surface area contributed by atoms with Crippen molar-refractivity contribution in [3.05, 3.63) is 252 Å². The highest BCUT2D eigenvalue weighted by molar-refractivity contribution is 7.91. The van der Waals surface area contributed by atoms with Crippen LogP contribution in [0.25, 0.3) is 34.2 Å². The number of hydrogen-bond donors (Lipinski definition) is 16. The number of aliphatic carboxylic acids is 2. The molecule has 0 aliphatic carbocycles. The van der Waals surface area contributed by atoms with E-state index < -0.39 is 163 Å². The maximum absolute atomic E-state index is 13.4. The number of ketones is 1. The molecule has 5 heterocycles. The van der Waals surface area contributed by atoms with Gasteiger partial charge in [-0.15, -0.1) is 0 Å². The first-order chi connectivity index (χ1) is 70.1. The molecule has 0 bridgehead atoms. The van der Waals surface area contributed by atoms with Gasteiger partial charge in [0, 0.05) is 54.0 Å². The number of nitrogens with zero attached hydrogens (tertiary/aromatic N) is 10. The lowest BCUT2D eigenvalue weighted by Crippen LogP contribution is -2.57. The predicted octanol–water partition coefficient (Wildman–Crippen LogP) is 4.53. The van der Waals surface area contributed by atoms with Crippen LogP contribution in [-0.2, 0) is 64.7 Å². The molecule has 11 atom stereocenters. The number of aliphatic hydroxyl groups is 4. The number of rotatable bonds is 38. The zero-order valence-corrected chi connectivity index (χ0v) is 82.2. The summed E-state index contributed by atoms with van der Waals surface area (Å²) in [5.41, 5.74) is 15.6. The number of carbonyl (C=O) groups is 11. The van der Waals surface area contributed by atoms with Crippen molar-refractivity contribution in [2.24, 2.45) is 21.8 Å². The number of amidine groups is 2. The Bertz CT molecular complexity index is 6000. The van der Waals surface area contributed by atoms with Crippen LogP contribution in [0.4, 0.5) is 28.8 Å². The number of aromatic nitrogens is 6. The van der Waals surface area contributed by atoms with Gasteiger partial charge in [0.25, 0.3) is 17.7 Å². The lowest BCUT2D eigenvalue weighted by Gasteiger charge is -2.29. The summed E-state index contributed by atoms with van der Waals surface area (Å²) in [6.45, 7) is 11.3. The summed E-state index contributed by atoms with van der Waals surface area (Å²) < 4.78 is 76.2. The number of benzene rings is 7. The molecular formula is C94H113B4N19O28S2. The molecule has 53 heteroatoms. The second-order valence-corrected chi connectivity index (χ2v) is 35.9. The minimum atomic E-state index is -3.84. The number of carbonyl (C=O) groups excluding carboxylic acids is 9. The van der Waals surface area contributed by atoms with Crippen molar-refractivity contribution in [3.8, 4) is 34.2 Å². The Morgan fingerprint density at radius 3 is 1.08 bits per heavy atom. The zero-order valence-electron chi connectivity index (χ0n) is 80.5. The normalized spacial score (nSPS) is 14.5. The van der Waals surface area contributed by atoms with E-state index >= 15 is 0 Å². The van der Waals surface area contributed by atoms with E-state index in [-0.39, 0.29) is 59.5 Å². The van der Waals surface area contributed by atoms with E-state index in [2.05, 4.69) is 82.8 Å². The van der Waals surface area contributed by atoms with Gasteiger partial charge >= 0.3 is 30.0 Å². The third kappa shape index (κ3) is 42.8. The molecule has 4 unspecified atom stereocenters. The fraction of sp³-hybridized carbons (Fsp3) is 0.351. The standard InChI is InChI=1S/C27H31N5O7S.C15H20N2O6S.C13H16BN3O4.2C13H14BN3O3.C7H8N2O.C6H10BNO4/c1-2-21(23(33)26-30-24(31-39-26)20-11-7-4-8-12-20)28-25(34)22(29-27(35)32-13-15-38-16-14-32)18-40(36,37)17-19-9-5-3-6-10-19;18-14(19)13(16-15(20)17-6-8-23-9-7-17)11-24(21,22)10-12-4-2-1-3-5-12;1-2-9(16-13(14)20)10(18)12(19)21-17-11(15)8-6-4-3-5-7-8;2*1-2-9(15-13(14)19)10(18)12-16-11(17-20-12)8-6-4-3-5-7-8;8-7(9-10)6-4-2-1-3-5-6;1-2-3(8-6(7)12)4(9)5(10)11/h3-12,21-22H,2,13-18H2,1H3,(H,28,34)(H,29,35);1-5,13H,6-11H2,(H,16,20)(H,18,19);3-7,9-10,18H,2H2,1H3,(H2,15,17)(H,16,20);2*3-7,9-10,18H,2H2,1H3,(H,15,19);1-5,10H,(H2,8,9);3-4,9H,2H2,1H3,(H,8,12)(H,10,11)/t21-,22-;13-;3*9-,10?;;3-,4?/m00000.0/s1. The number of nitrogens with two attached hydrogens (primary N) is 2. The number of amides is 9. The van der Waals surface area contributed by atoms with Crippen molar-refractivity contribution in [2.75, 3.05) is 64.1 Å². The summed E-state index contributed by atoms with van der Waals surface area (Å²) >= 11 is 0. The number of carboxylic acid groups (broad SMARTS) is 2. The average Bonchev–Trinajstić information content (AvgIpc) is 1.79. The molecule has 2 aliphatic heterocycles. The number of carboxylic acids is 2. The van der Waals surface area contributed by atoms with Crippen molar-refractivity contribution < 1.29 is 133 Å². The van der Waals surface area contributed by atoms with Crippen molar-refractivity contribution in [1.82, 2.24) is 77.4 Å². The molecule has 0 spiro atoms. The van der Waals surface area contributed by atoms with Gasteiger partial charge in [-0.3, -0.25) is 28.8 Å². The molecule has 776 valence electrons. The highest BCUT2D eigenvalue weighted by atomic mass is 32.2. The fourth-order valence-corrected chi connectivity index (χ4v) is 16.2. The predicted molar refractivity (Wildman–Crippen MR) is 536 cm³/mol.